The largest absolute Gasteiger partial charge is 0.334 e. The lowest BCUT2D eigenvalue weighted by molar-refractivity contribution is -0.126. The quantitative estimate of drug-likeness (QED) is 0.201. The Morgan fingerprint density at radius 1 is 0.976 bits per heavy atom. The Hall–Kier alpha value is -4.89. The van der Waals surface area contributed by atoms with Crippen molar-refractivity contribution in [2.75, 3.05) is 36.8 Å². The van der Waals surface area contributed by atoms with E-state index in [0.29, 0.717) is 30.3 Å². The monoisotopic (exact) mass is 563 g/mol. The SMILES string of the molecule is C=CC(=O)N(CCN(CC)CC)Cc1ccc(C(=O)Nc2ccc(C)c(Nc3nccc(-c4cccnc4)n3)c2)cc1. The van der Waals surface area contributed by atoms with Crippen molar-refractivity contribution < 1.29 is 9.59 Å². The van der Waals surface area contributed by atoms with Crippen molar-refractivity contribution in [2.45, 2.75) is 27.3 Å². The summed E-state index contributed by atoms with van der Waals surface area (Å²) in [5.74, 6) is 0.105. The van der Waals surface area contributed by atoms with Crippen LogP contribution in [-0.4, -0.2) is 62.7 Å². The molecular formula is C33H37N7O2. The van der Waals surface area contributed by atoms with Gasteiger partial charge >= 0.3 is 0 Å². The number of benzene rings is 2. The number of nitrogens with zero attached hydrogens (tertiary/aromatic N) is 5. The maximum absolute atomic E-state index is 13.1. The minimum absolute atomic E-state index is 0.109. The lowest BCUT2D eigenvalue weighted by Gasteiger charge is -2.25. The third kappa shape index (κ3) is 8.08. The van der Waals surface area contributed by atoms with Crippen LogP contribution in [0.15, 0.2) is 91.9 Å². The fraction of sp³-hybridized carbons (Fsp3) is 0.242. The van der Waals surface area contributed by atoms with Gasteiger partial charge in [0.05, 0.1) is 5.69 Å². The molecule has 2 amide bonds. The number of carbonyl (C=O) groups is 2. The number of hydrogen-bond donors (Lipinski definition) is 2. The molecule has 0 saturated heterocycles. The molecule has 2 aromatic carbocycles. The average Bonchev–Trinajstić information content (AvgIpc) is 3.03. The van der Waals surface area contributed by atoms with Crippen LogP contribution in [0.2, 0.25) is 0 Å². The summed E-state index contributed by atoms with van der Waals surface area (Å²) in [5, 5.41) is 6.23. The molecule has 0 radical (unpaired) electrons. The molecule has 0 aliphatic heterocycles. The second-order valence-electron chi connectivity index (χ2n) is 9.80. The normalized spacial score (nSPS) is 10.8. The molecule has 0 spiro atoms. The van der Waals surface area contributed by atoms with E-state index in [-0.39, 0.29) is 11.8 Å². The van der Waals surface area contributed by atoms with Crippen molar-refractivity contribution in [3.8, 4) is 11.3 Å². The summed E-state index contributed by atoms with van der Waals surface area (Å²) in [7, 11) is 0. The Labute approximate surface area is 247 Å². The maximum atomic E-state index is 13.1. The fourth-order valence-corrected chi connectivity index (χ4v) is 4.43. The lowest BCUT2D eigenvalue weighted by atomic mass is 10.1. The molecule has 0 fully saturated rings. The van der Waals surface area contributed by atoms with Gasteiger partial charge in [-0.1, -0.05) is 38.6 Å². The van der Waals surface area contributed by atoms with Gasteiger partial charge in [-0.25, -0.2) is 9.97 Å². The second-order valence-corrected chi connectivity index (χ2v) is 9.80. The smallest absolute Gasteiger partial charge is 0.255 e. The number of pyridine rings is 1. The molecule has 4 aromatic rings. The number of likely N-dealkylation sites (N-methyl/N-ethyl adjacent to an activating group) is 1. The number of rotatable bonds is 13. The number of aromatic nitrogens is 3. The second kappa shape index (κ2) is 14.7. The highest BCUT2D eigenvalue weighted by atomic mass is 16.2. The van der Waals surface area contributed by atoms with E-state index in [1.165, 1.54) is 6.08 Å². The molecule has 0 atom stereocenters. The average molecular weight is 564 g/mol. The standard InChI is InChI=1S/C33H37N7O2/c1-5-31(41)40(20-19-39(6-2)7-3)23-25-11-13-26(14-12-25)32(42)36-28-15-10-24(4)30(21-28)38-33-35-18-16-29(37-33)27-9-8-17-34-22-27/h5,8-18,21-22H,1,6-7,19-20,23H2,2-4H3,(H,36,42)(H,35,37,38). The molecule has 9 nitrogen and oxygen atoms in total. The Balaban J connectivity index is 1.41. The highest BCUT2D eigenvalue weighted by molar-refractivity contribution is 6.04. The first-order chi connectivity index (χ1) is 20.4. The summed E-state index contributed by atoms with van der Waals surface area (Å²) in [4.78, 5) is 42.7. The Morgan fingerprint density at radius 3 is 2.45 bits per heavy atom. The van der Waals surface area contributed by atoms with Crippen molar-refractivity contribution in [3.63, 3.8) is 0 Å². The highest BCUT2D eigenvalue weighted by Crippen LogP contribution is 2.24. The zero-order chi connectivity index (χ0) is 29.9. The lowest BCUT2D eigenvalue weighted by Crippen LogP contribution is -2.37. The molecule has 0 unspecified atom stereocenters. The zero-order valence-corrected chi connectivity index (χ0v) is 24.4. The maximum Gasteiger partial charge on any atom is 0.255 e. The van der Waals surface area contributed by atoms with Gasteiger partial charge in [-0.15, -0.1) is 0 Å². The molecule has 216 valence electrons. The minimum Gasteiger partial charge on any atom is -0.334 e. The van der Waals surface area contributed by atoms with Crippen LogP contribution in [0.1, 0.15) is 35.3 Å². The van der Waals surface area contributed by atoms with E-state index >= 15 is 0 Å². The molecule has 0 aliphatic carbocycles. The first-order valence-electron chi connectivity index (χ1n) is 14.0. The first kappa shape index (κ1) is 30.1. The summed E-state index contributed by atoms with van der Waals surface area (Å²) in [6.45, 7) is 13.6. The zero-order valence-electron chi connectivity index (χ0n) is 24.4. The number of hydrogen-bond acceptors (Lipinski definition) is 7. The van der Waals surface area contributed by atoms with Gasteiger partial charge in [0.15, 0.2) is 0 Å². The minimum atomic E-state index is -0.230. The van der Waals surface area contributed by atoms with E-state index in [0.717, 1.165) is 47.7 Å². The molecule has 9 heteroatoms. The van der Waals surface area contributed by atoms with Gasteiger partial charge in [-0.2, -0.15) is 0 Å². The number of amides is 2. The van der Waals surface area contributed by atoms with E-state index < -0.39 is 0 Å². The van der Waals surface area contributed by atoms with Crippen molar-refractivity contribution in [1.82, 2.24) is 24.8 Å². The van der Waals surface area contributed by atoms with Crippen LogP contribution in [0.25, 0.3) is 11.3 Å². The van der Waals surface area contributed by atoms with Gasteiger partial charge < -0.3 is 20.4 Å². The topological polar surface area (TPSA) is 103 Å². The van der Waals surface area contributed by atoms with Gasteiger partial charge in [0.25, 0.3) is 5.91 Å². The van der Waals surface area contributed by atoms with E-state index in [1.54, 1.807) is 35.6 Å². The van der Waals surface area contributed by atoms with Crippen LogP contribution in [0.3, 0.4) is 0 Å². The Morgan fingerprint density at radius 2 is 1.76 bits per heavy atom. The van der Waals surface area contributed by atoms with Crippen molar-refractivity contribution in [3.05, 3.63) is 109 Å². The third-order valence-corrected chi connectivity index (χ3v) is 7.01. The van der Waals surface area contributed by atoms with Gasteiger partial charge in [-0.05, 0) is 79.7 Å². The molecule has 2 aromatic heterocycles. The van der Waals surface area contributed by atoms with E-state index in [1.807, 2.05) is 55.5 Å². The Bertz CT molecular complexity index is 1500. The van der Waals surface area contributed by atoms with Crippen LogP contribution < -0.4 is 10.6 Å². The van der Waals surface area contributed by atoms with E-state index in [2.05, 4.69) is 50.9 Å². The predicted molar refractivity (Wildman–Crippen MR) is 168 cm³/mol. The molecule has 0 aliphatic rings. The number of nitrogens with one attached hydrogen (secondary N) is 2. The molecule has 2 heterocycles. The number of carbonyl (C=O) groups excluding carboxylic acids is 2. The van der Waals surface area contributed by atoms with Crippen LogP contribution in [0, 0.1) is 6.92 Å². The molecule has 0 bridgehead atoms. The summed E-state index contributed by atoms with van der Waals surface area (Å²) < 4.78 is 0. The third-order valence-electron chi connectivity index (χ3n) is 7.01. The molecular weight excluding hydrogens is 526 g/mol. The van der Waals surface area contributed by atoms with Crippen molar-refractivity contribution >= 4 is 29.1 Å². The summed E-state index contributed by atoms with van der Waals surface area (Å²) >= 11 is 0. The molecule has 2 N–H and O–H groups in total. The summed E-state index contributed by atoms with van der Waals surface area (Å²) in [5.41, 5.74) is 5.51. The summed E-state index contributed by atoms with van der Waals surface area (Å²) in [6.07, 6.45) is 6.51. The molecule has 0 saturated carbocycles. The van der Waals surface area contributed by atoms with E-state index in [9.17, 15) is 9.59 Å². The van der Waals surface area contributed by atoms with E-state index in [4.69, 9.17) is 0 Å². The Kier molecular flexibility index (Phi) is 10.5. The van der Waals surface area contributed by atoms with Crippen molar-refractivity contribution in [2.24, 2.45) is 0 Å². The van der Waals surface area contributed by atoms with Crippen LogP contribution in [-0.2, 0) is 11.3 Å². The number of aryl methyl sites for hydroxylation is 1. The van der Waals surface area contributed by atoms with Gasteiger partial charge in [0.2, 0.25) is 11.9 Å². The highest BCUT2D eigenvalue weighted by Gasteiger charge is 2.14. The van der Waals surface area contributed by atoms with Crippen LogP contribution in [0.5, 0.6) is 0 Å². The van der Waals surface area contributed by atoms with Crippen LogP contribution >= 0.6 is 0 Å². The van der Waals surface area contributed by atoms with Crippen LogP contribution in [0.4, 0.5) is 17.3 Å². The van der Waals surface area contributed by atoms with Gasteiger partial charge in [0, 0.05) is 60.7 Å². The first-order valence-corrected chi connectivity index (χ1v) is 14.0. The molecule has 42 heavy (non-hydrogen) atoms. The van der Waals surface area contributed by atoms with Gasteiger partial charge in [-0.3, -0.25) is 14.6 Å². The number of anilines is 3. The van der Waals surface area contributed by atoms with Crippen molar-refractivity contribution in [1.29, 1.82) is 0 Å². The fourth-order valence-electron chi connectivity index (χ4n) is 4.43. The van der Waals surface area contributed by atoms with Gasteiger partial charge in [0.1, 0.15) is 0 Å². The predicted octanol–water partition coefficient (Wildman–Crippen LogP) is 5.70. The summed E-state index contributed by atoms with van der Waals surface area (Å²) in [6, 6.07) is 18.6. The molecule has 4 rings (SSSR count).